The molecule has 25 heavy (non-hydrogen) atoms. The molecule has 2 saturated heterocycles. The number of rotatable bonds is 5. The topological polar surface area (TPSA) is 63.3 Å². The SMILES string of the molecule is COc1ccccc1C(CN=C(N)N1CCOCC1)N1CCCCC1. The van der Waals surface area contributed by atoms with Crippen LogP contribution in [0, 0.1) is 0 Å². The van der Waals surface area contributed by atoms with Crippen molar-refractivity contribution in [3.63, 3.8) is 0 Å². The zero-order chi connectivity index (χ0) is 17.5. The van der Waals surface area contributed by atoms with Crippen molar-refractivity contribution in [1.82, 2.24) is 9.80 Å². The molecular weight excluding hydrogens is 316 g/mol. The molecule has 3 rings (SSSR count). The first kappa shape index (κ1) is 18.0. The highest BCUT2D eigenvalue weighted by Gasteiger charge is 2.25. The third kappa shape index (κ3) is 4.64. The average molecular weight is 346 g/mol. The summed E-state index contributed by atoms with van der Waals surface area (Å²) in [6.07, 6.45) is 3.80. The lowest BCUT2D eigenvalue weighted by Gasteiger charge is -2.35. The number of hydrogen-bond acceptors (Lipinski definition) is 4. The highest BCUT2D eigenvalue weighted by atomic mass is 16.5. The average Bonchev–Trinajstić information content (AvgIpc) is 2.70. The number of nitrogens with two attached hydrogens (primary N) is 1. The summed E-state index contributed by atoms with van der Waals surface area (Å²) in [5.74, 6) is 1.55. The summed E-state index contributed by atoms with van der Waals surface area (Å²) >= 11 is 0. The highest BCUT2D eigenvalue weighted by molar-refractivity contribution is 5.78. The van der Waals surface area contributed by atoms with Gasteiger partial charge in [-0.05, 0) is 32.0 Å². The quantitative estimate of drug-likeness (QED) is 0.651. The van der Waals surface area contributed by atoms with E-state index in [1.165, 1.54) is 24.8 Å². The Bertz CT molecular complexity index is 566. The number of aliphatic imine (C=N–C) groups is 1. The summed E-state index contributed by atoms with van der Waals surface area (Å²) in [6.45, 7) is 5.95. The molecule has 0 aliphatic carbocycles. The van der Waals surface area contributed by atoms with E-state index in [-0.39, 0.29) is 6.04 Å². The monoisotopic (exact) mass is 346 g/mol. The van der Waals surface area contributed by atoms with Crippen molar-refractivity contribution in [1.29, 1.82) is 0 Å². The maximum atomic E-state index is 6.25. The highest BCUT2D eigenvalue weighted by Crippen LogP contribution is 2.31. The molecule has 2 heterocycles. The van der Waals surface area contributed by atoms with Crippen LogP contribution >= 0.6 is 0 Å². The van der Waals surface area contributed by atoms with Crippen molar-refractivity contribution in [3.8, 4) is 5.75 Å². The number of likely N-dealkylation sites (tertiary alicyclic amines) is 1. The second kappa shape index (κ2) is 9.06. The first-order chi connectivity index (χ1) is 12.3. The molecule has 0 aromatic heterocycles. The van der Waals surface area contributed by atoms with Crippen LogP contribution < -0.4 is 10.5 Å². The van der Waals surface area contributed by atoms with Gasteiger partial charge < -0.3 is 20.1 Å². The van der Waals surface area contributed by atoms with Gasteiger partial charge in [-0.25, -0.2) is 0 Å². The second-order valence-corrected chi connectivity index (χ2v) is 6.65. The molecule has 6 heteroatoms. The lowest BCUT2D eigenvalue weighted by molar-refractivity contribution is 0.0673. The Morgan fingerprint density at radius 3 is 2.60 bits per heavy atom. The van der Waals surface area contributed by atoms with E-state index in [0.717, 1.165) is 45.1 Å². The van der Waals surface area contributed by atoms with Crippen molar-refractivity contribution in [3.05, 3.63) is 29.8 Å². The molecule has 2 N–H and O–H groups in total. The molecule has 1 aromatic rings. The van der Waals surface area contributed by atoms with Crippen LogP contribution in [-0.4, -0.2) is 68.8 Å². The fourth-order valence-electron chi connectivity index (χ4n) is 3.65. The van der Waals surface area contributed by atoms with Gasteiger partial charge in [-0.15, -0.1) is 0 Å². The molecule has 0 spiro atoms. The second-order valence-electron chi connectivity index (χ2n) is 6.65. The van der Waals surface area contributed by atoms with Crippen molar-refractivity contribution >= 4 is 5.96 Å². The molecule has 0 radical (unpaired) electrons. The van der Waals surface area contributed by atoms with Crippen molar-refractivity contribution < 1.29 is 9.47 Å². The van der Waals surface area contributed by atoms with Crippen LogP contribution in [0.4, 0.5) is 0 Å². The van der Waals surface area contributed by atoms with Crippen LogP contribution in [-0.2, 0) is 4.74 Å². The lowest BCUT2D eigenvalue weighted by Crippen LogP contribution is -2.45. The number of methoxy groups -OCH3 is 1. The Morgan fingerprint density at radius 2 is 1.88 bits per heavy atom. The minimum absolute atomic E-state index is 0.205. The minimum atomic E-state index is 0.205. The van der Waals surface area contributed by atoms with Gasteiger partial charge in [0.15, 0.2) is 5.96 Å². The molecule has 0 bridgehead atoms. The van der Waals surface area contributed by atoms with Gasteiger partial charge in [0.2, 0.25) is 0 Å². The van der Waals surface area contributed by atoms with Gasteiger partial charge in [0, 0.05) is 18.7 Å². The van der Waals surface area contributed by atoms with Gasteiger partial charge in [0.05, 0.1) is 32.9 Å². The molecule has 0 amide bonds. The van der Waals surface area contributed by atoms with E-state index in [1.807, 2.05) is 12.1 Å². The molecular formula is C19H30N4O2. The van der Waals surface area contributed by atoms with Crippen molar-refractivity contribution in [2.45, 2.75) is 25.3 Å². The molecule has 1 atom stereocenters. The number of benzene rings is 1. The third-order valence-electron chi connectivity index (χ3n) is 5.09. The van der Waals surface area contributed by atoms with Gasteiger partial charge in [-0.1, -0.05) is 24.6 Å². The molecule has 2 fully saturated rings. The number of guanidine groups is 1. The lowest BCUT2D eigenvalue weighted by atomic mass is 10.0. The number of hydrogen-bond donors (Lipinski definition) is 1. The Morgan fingerprint density at radius 1 is 1.16 bits per heavy atom. The summed E-state index contributed by atoms with van der Waals surface area (Å²) in [4.78, 5) is 9.38. The molecule has 6 nitrogen and oxygen atoms in total. The smallest absolute Gasteiger partial charge is 0.191 e. The molecule has 2 aliphatic rings. The largest absolute Gasteiger partial charge is 0.496 e. The Hall–Kier alpha value is -1.79. The van der Waals surface area contributed by atoms with E-state index in [1.54, 1.807) is 7.11 Å². The Kier molecular flexibility index (Phi) is 6.53. The molecule has 2 aliphatic heterocycles. The number of para-hydroxylation sites is 1. The maximum Gasteiger partial charge on any atom is 0.191 e. The summed E-state index contributed by atoms with van der Waals surface area (Å²) < 4.78 is 11.0. The van der Waals surface area contributed by atoms with E-state index in [0.29, 0.717) is 12.5 Å². The number of piperidine rings is 1. The van der Waals surface area contributed by atoms with Gasteiger partial charge >= 0.3 is 0 Å². The van der Waals surface area contributed by atoms with Gasteiger partial charge in [-0.2, -0.15) is 0 Å². The fraction of sp³-hybridized carbons (Fsp3) is 0.632. The van der Waals surface area contributed by atoms with Crippen LogP contribution in [0.1, 0.15) is 30.9 Å². The van der Waals surface area contributed by atoms with Crippen LogP contribution in [0.5, 0.6) is 5.75 Å². The van der Waals surface area contributed by atoms with Crippen molar-refractivity contribution in [2.75, 3.05) is 53.0 Å². The summed E-state index contributed by atoms with van der Waals surface area (Å²) in [6, 6.07) is 8.47. The minimum Gasteiger partial charge on any atom is -0.496 e. The van der Waals surface area contributed by atoms with Crippen LogP contribution in [0.3, 0.4) is 0 Å². The number of ether oxygens (including phenoxy) is 2. The summed E-state index contributed by atoms with van der Waals surface area (Å²) in [5.41, 5.74) is 7.44. The predicted octanol–water partition coefficient (Wildman–Crippen LogP) is 1.87. The van der Waals surface area contributed by atoms with E-state index in [9.17, 15) is 0 Å². The predicted molar refractivity (Wildman–Crippen MR) is 100 cm³/mol. The standard InChI is InChI=1S/C19H30N4O2/c1-24-18-8-4-3-7-16(18)17(22-9-5-2-6-10-22)15-21-19(20)23-11-13-25-14-12-23/h3-4,7-8,17H,2,5-6,9-15H2,1H3,(H2,20,21). The van der Waals surface area contributed by atoms with Crippen LogP contribution in [0.2, 0.25) is 0 Å². The van der Waals surface area contributed by atoms with Crippen LogP contribution in [0.15, 0.2) is 29.3 Å². The first-order valence-corrected chi connectivity index (χ1v) is 9.29. The first-order valence-electron chi connectivity index (χ1n) is 9.29. The van der Waals surface area contributed by atoms with E-state index in [2.05, 4.69) is 21.9 Å². The molecule has 1 aromatic carbocycles. The van der Waals surface area contributed by atoms with E-state index < -0.39 is 0 Å². The van der Waals surface area contributed by atoms with Gasteiger partial charge in [0.1, 0.15) is 5.75 Å². The molecule has 138 valence electrons. The zero-order valence-electron chi connectivity index (χ0n) is 15.2. The van der Waals surface area contributed by atoms with Crippen LogP contribution in [0.25, 0.3) is 0 Å². The number of nitrogens with zero attached hydrogens (tertiary/aromatic N) is 3. The van der Waals surface area contributed by atoms with E-state index in [4.69, 9.17) is 20.2 Å². The van der Waals surface area contributed by atoms with Gasteiger partial charge in [0.25, 0.3) is 0 Å². The summed E-state index contributed by atoms with van der Waals surface area (Å²) in [7, 11) is 1.73. The Labute approximate surface area is 150 Å². The number of morpholine rings is 1. The summed E-state index contributed by atoms with van der Waals surface area (Å²) in [5, 5.41) is 0. The van der Waals surface area contributed by atoms with Crippen molar-refractivity contribution in [2.24, 2.45) is 10.7 Å². The van der Waals surface area contributed by atoms with E-state index >= 15 is 0 Å². The maximum absolute atomic E-state index is 6.25. The zero-order valence-corrected chi connectivity index (χ0v) is 15.2. The third-order valence-corrected chi connectivity index (χ3v) is 5.09. The Balaban J connectivity index is 1.78. The fourth-order valence-corrected chi connectivity index (χ4v) is 3.65. The molecule has 1 unspecified atom stereocenters. The normalized spacial score (nSPS) is 21.2. The van der Waals surface area contributed by atoms with Gasteiger partial charge in [-0.3, -0.25) is 9.89 Å². The molecule has 0 saturated carbocycles.